The fourth-order valence-corrected chi connectivity index (χ4v) is 3.70. The molecule has 0 bridgehead atoms. The number of nitrogens with two attached hydrogens (primary N) is 1. The van der Waals surface area contributed by atoms with Crippen LogP contribution in [0.15, 0.2) is 0 Å². The molecule has 2 fully saturated rings. The van der Waals surface area contributed by atoms with Crippen molar-refractivity contribution in [2.75, 3.05) is 13.1 Å². The SMILES string of the molecule is CC1(C(=O)N(CCN)C2CCCC2)CCCCC1. The van der Waals surface area contributed by atoms with E-state index in [1.54, 1.807) is 0 Å². The lowest BCUT2D eigenvalue weighted by Crippen LogP contribution is -2.49. The van der Waals surface area contributed by atoms with Gasteiger partial charge >= 0.3 is 0 Å². The Kier molecular flexibility index (Phi) is 4.66. The van der Waals surface area contributed by atoms with E-state index in [9.17, 15) is 4.79 Å². The molecule has 2 saturated carbocycles. The summed E-state index contributed by atoms with van der Waals surface area (Å²) in [5.41, 5.74) is 5.61. The number of carbonyl (C=O) groups excluding carboxylic acids is 1. The van der Waals surface area contributed by atoms with Crippen molar-refractivity contribution >= 4 is 5.91 Å². The quantitative estimate of drug-likeness (QED) is 0.836. The first-order valence-electron chi connectivity index (χ1n) is 7.68. The fourth-order valence-electron chi connectivity index (χ4n) is 3.70. The van der Waals surface area contributed by atoms with Crippen molar-refractivity contribution in [2.45, 2.75) is 70.8 Å². The molecule has 3 nitrogen and oxygen atoms in total. The second-order valence-corrected chi connectivity index (χ2v) is 6.35. The van der Waals surface area contributed by atoms with Crippen LogP contribution in [0.4, 0.5) is 0 Å². The summed E-state index contributed by atoms with van der Waals surface area (Å²) in [4.78, 5) is 15.0. The minimum Gasteiger partial charge on any atom is -0.338 e. The van der Waals surface area contributed by atoms with E-state index in [0.717, 1.165) is 19.4 Å². The van der Waals surface area contributed by atoms with E-state index in [2.05, 4.69) is 11.8 Å². The highest BCUT2D eigenvalue weighted by Crippen LogP contribution is 2.39. The van der Waals surface area contributed by atoms with Crippen LogP contribution in [0.25, 0.3) is 0 Å². The number of nitrogens with zero attached hydrogens (tertiary/aromatic N) is 1. The Balaban J connectivity index is 2.06. The van der Waals surface area contributed by atoms with Crippen molar-refractivity contribution in [1.29, 1.82) is 0 Å². The van der Waals surface area contributed by atoms with Gasteiger partial charge in [-0.05, 0) is 25.7 Å². The number of hydrogen-bond acceptors (Lipinski definition) is 2. The zero-order valence-electron chi connectivity index (χ0n) is 11.8. The van der Waals surface area contributed by atoms with E-state index in [1.165, 1.54) is 44.9 Å². The predicted octanol–water partition coefficient (Wildman–Crippen LogP) is 2.69. The van der Waals surface area contributed by atoms with Crippen LogP contribution in [0.2, 0.25) is 0 Å². The topological polar surface area (TPSA) is 46.3 Å². The van der Waals surface area contributed by atoms with Crippen molar-refractivity contribution in [3.05, 3.63) is 0 Å². The molecule has 2 aliphatic carbocycles. The maximum Gasteiger partial charge on any atom is 0.228 e. The van der Waals surface area contributed by atoms with Gasteiger partial charge in [-0.3, -0.25) is 4.79 Å². The van der Waals surface area contributed by atoms with Gasteiger partial charge in [0.25, 0.3) is 0 Å². The first kappa shape index (κ1) is 13.9. The van der Waals surface area contributed by atoms with Crippen LogP contribution >= 0.6 is 0 Å². The van der Waals surface area contributed by atoms with E-state index in [1.807, 2.05) is 0 Å². The molecular formula is C15H28N2O. The van der Waals surface area contributed by atoms with Gasteiger partial charge in [0.05, 0.1) is 0 Å². The molecule has 0 heterocycles. The summed E-state index contributed by atoms with van der Waals surface area (Å²) in [6.07, 6.45) is 10.8. The highest BCUT2D eigenvalue weighted by Gasteiger charge is 2.39. The number of hydrogen-bond donors (Lipinski definition) is 1. The van der Waals surface area contributed by atoms with Crippen LogP contribution in [0.3, 0.4) is 0 Å². The molecule has 0 atom stereocenters. The minimum absolute atomic E-state index is 0.101. The summed E-state index contributed by atoms with van der Waals surface area (Å²) in [5, 5.41) is 0. The number of carbonyl (C=O) groups is 1. The van der Waals surface area contributed by atoms with Gasteiger partial charge in [0.2, 0.25) is 5.91 Å². The molecule has 1 amide bonds. The molecule has 18 heavy (non-hydrogen) atoms. The summed E-state index contributed by atoms with van der Waals surface area (Å²) >= 11 is 0. The average Bonchev–Trinajstić information content (AvgIpc) is 2.90. The molecule has 2 N–H and O–H groups in total. The standard InChI is InChI=1S/C15H28N2O/c1-15(9-5-2-6-10-15)14(18)17(12-11-16)13-7-3-4-8-13/h13H,2-12,16H2,1H3. The van der Waals surface area contributed by atoms with Crippen LogP contribution in [0.1, 0.15) is 64.7 Å². The Morgan fingerprint density at radius 2 is 1.78 bits per heavy atom. The Labute approximate surface area is 111 Å². The van der Waals surface area contributed by atoms with E-state index in [-0.39, 0.29) is 5.41 Å². The van der Waals surface area contributed by atoms with Crippen LogP contribution in [-0.2, 0) is 4.79 Å². The summed E-state index contributed by atoms with van der Waals surface area (Å²) in [6, 6.07) is 0.472. The molecular weight excluding hydrogens is 224 g/mol. The lowest BCUT2D eigenvalue weighted by atomic mass is 9.74. The molecule has 0 saturated heterocycles. The van der Waals surface area contributed by atoms with E-state index < -0.39 is 0 Å². The van der Waals surface area contributed by atoms with Gasteiger partial charge in [-0.2, -0.15) is 0 Å². The third-order valence-corrected chi connectivity index (χ3v) is 4.87. The Morgan fingerprint density at radius 3 is 2.33 bits per heavy atom. The molecule has 0 aromatic carbocycles. The largest absolute Gasteiger partial charge is 0.338 e. The third kappa shape index (κ3) is 2.87. The highest BCUT2D eigenvalue weighted by molar-refractivity contribution is 5.82. The summed E-state index contributed by atoms with van der Waals surface area (Å²) in [5.74, 6) is 0.388. The molecule has 2 aliphatic rings. The lowest BCUT2D eigenvalue weighted by molar-refractivity contribution is -0.145. The summed E-state index contributed by atoms with van der Waals surface area (Å²) in [6.45, 7) is 3.52. The smallest absolute Gasteiger partial charge is 0.228 e. The summed E-state index contributed by atoms with van der Waals surface area (Å²) in [7, 11) is 0. The third-order valence-electron chi connectivity index (χ3n) is 4.87. The molecule has 0 unspecified atom stereocenters. The molecule has 0 spiro atoms. The number of rotatable bonds is 4. The maximum atomic E-state index is 12.9. The van der Waals surface area contributed by atoms with Crippen molar-refractivity contribution in [3.8, 4) is 0 Å². The van der Waals surface area contributed by atoms with Crippen LogP contribution in [0.5, 0.6) is 0 Å². The molecule has 0 aromatic heterocycles. The van der Waals surface area contributed by atoms with E-state index >= 15 is 0 Å². The van der Waals surface area contributed by atoms with Crippen LogP contribution in [0, 0.1) is 5.41 Å². The molecule has 0 radical (unpaired) electrons. The predicted molar refractivity (Wildman–Crippen MR) is 74.2 cm³/mol. The average molecular weight is 252 g/mol. The highest BCUT2D eigenvalue weighted by atomic mass is 16.2. The fraction of sp³-hybridized carbons (Fsp3) is 0.933. The molecule has 3 heteroatoms. The first-order valence-corrected chi connectivity index (χ1v) is 7.68. The monoisotopic (exact) mass is 252 g/mol. The maximum absolute atomic E-state index is 12.9. The molecule has 104 valence electrons. The van der Waals surface area contributed by atoms with Gasteiger partial charge in [0, 0.05) is 24.5 Å². The normalized spacial score (nSPS) is 24.1. The Bertz CT molecular complexity index is 278. The van der Waals surface area contributed by atoms with Crippen LogP contribution < -0.4 is 5.73 Å². The first-order chi connectivity index (χ1) is 8.67. The molecule has 2 rings (SSSR count). The van der Waals surface area contributed by atoms with Gasteiger partial charge < -0.3 is 10.6 Å². The lowest BCUT2D eigenvalue weighted by Gasteiger charge is -2.39. The zero-order valence-corrected chi connectivity index (χ0v) is 11.8. The molecule has 0 aliphatic heterocycles. The van der Waals surface area contributed by atoms with E-state index in [4.69, 9.17) is 5.73 Å². The second kappa shape index (κ2) is 6.05. The second-order valence-electron chi connectivity index (χ2n) is 6.35. The Hall–Kier alpha value is -0.570. The van der Waals surface area contributed by atoms with Gasteiger partial charge in [0.15, 0.2) is 0 Å². The molecule has 0 aromatic rings. The van der Waals surface area contributed by atoms with Crippen LogP contribution in [-0.4, -0.2) is 29.9 Å². The van der Waals surface area contributed by atoms with E-state index in [0.29, 0.717) is 18.5 Å². The Morgan fingerprint density at radius 1 is 1.17 bits per heavy atom. The van der Waals surface area contributed by atoms with Gasteiger partial charge in [-0.15, -0.1) is 0 Å². The number of amides is 1. The van der Waals surface area contributed by atoms with Crippen molar-refractivity contribution in [3.63, 3.8) is 0 Å². The van der Waals surface area contributed by atoms with Gasteiger partial charge in [-0.1, -0.05) is 39.0 Å². The zero-order chi connectivity index (χ0) is 13.0. The van der Waals surface area contributed by atoms with Crippen molar-refractivity contribution in [2.24, 2.45) is 11.1 Å². The van der Waals surface area contributed by atoms with Gasteiger partial charge in [-0.25, -0.2) is 0 Å². The minimum atomic E-state index is -0.101. The van der Waals surface area contributed by atoms with Crippen molar-refractivity contribution in [1.82, 2.24) is 4.90 Å². The summed E-state index contributed by atoms with van der Waals surface area (Å²) < 4.78 is 0. The van der Waals surface area contributed by atoms with Gasteiger partial charge in [0.1, 0.15) is 0 Å². The van der Waals surface area contributed by atoms with Crippen molar-refractivity contribution < 1.29 is 4.79 Å².